The lowest BCUT2D eigenvalue weighted by atomic mass is 9.90. The van der Waals surface area contributed by atoms with Crippen LogP contribution in [0, 0.1) is 0 Å². The number of phenolic OH excluding ortho intramolecular Hbond substituents is 4. The van der Waals surface area contributed by atoms with Crippen molar-refractivity contribution in [2.75, 3.05) is 0 Å². The molecule has 20 rings (SSSR count). The van der Waals surface area contributed by atoms with E-state index in [4.69, 9.17) is 17.7 Å². The molecule has 4 N–H and O–H groups in total. The summed E-state index contributed by atoms with van der Waals surface area (Å²) < 4.78 is 28.8. The summed E-state index contributed by atoms with van der Waals surface area (Å²) in [6.07, 6.45) is 0. The molecule has 440 valence electrons. The van der Waals surface area contributed by atoms with Crippen LogP contribution in [-0.2, 0) is 0 Å². The number of benzene rings is 16. The van der Waals surface area contributed by atoms with Crippen molar-refractivity contribution in [3.8, 4) is 67.5 Å². The third-order valence-electron chi connectivity index (χ3n) is 17.6. The van der Waals surface area contributed by atoms with Crippen LogP contribution < -0.4 is 0 Å². The topological polar surface area (TPSA) is 133 Å². The Bertz CT molecular complexity index is 5890. The fourth-order valence-electron chi connectivity index (χ4n) is 13.7. The van der Waals surface area contributed by atoms with Gasteiger partial charge in [-0.1, -0.05) is 197 Å². The van der Waals surface area contributed by atoms with E-state index >= 15 is 0 Å². The molecule has 0 saturated heterocycles. The summed E-state index contributed by atoms with van der Waals surface area (Å²) >= 11 is 14.1. The number of rotatable bonds is 2. The van der Waals surface area contributed by atoms with Gasteiger partial charge in [0.25, 0.3) is 0 Å². The van der Waals surface area contributed by atoms with Crippen molar-refractivity contribution in [1.29, 1.82) is 0 Å². The van der Waals surface area contributed by atoms with Gasteiger partial charge < -0.3 is 38.1 Å². The molecule has 16 aromatic carbocycles. The number of phenols is 4. The van der Waals surface area contributed by atoms with Crippen molar-refractivity contribution in [3.05, 3.63) is 261 Å². The van der Waals surface area contributed by atoms with E-state index in [1.54, 1.807) is 24.3 Å². The molecule has 0 saturated carbocycles. The summed E-state index contributed by atoms with van der Waals surface area (Å²) in [4.78, 5) is 0. The number of fused-ring (bicyclic) bond motifs is 4. The number of halogens is 4. The molecule has 0 aliphatic carbocycles. The van der Waals surface area contributed by atoms with Gasteiger partial charge in [-0.15, -0.1) is 0 Å². The average molecular weight is 1450 g/mol. The minimum Gasteiger partial charge on any atom is -0.507 e. The molecule has 0 spiro atoms. The molecule has 0 bridgehead atoms. The predicted molar refractivity (Wildman–Crippen MR) is 389 cm³/mol. The van der Waals surface area contributed by atoms with Crippen molar-refractivity contribution >= 4 is 195 Å². The van der Waals surface area contributed by atoms with E-state index in [1.807, 2.05) is 158 Å². The van der Waals surface area contributed by atoms with E-state index in [0.29, 0.717) is 22.3 Å². The molecular formula is C80H44Br4O8. The zero-order chi connectivity index (χ0) is 62.2. The lowest BCUT2D eigenvalue weighted by molar-refractivity contribution is 0.470. The molecule has 4 heterocycles. The van der Waals surface area contributed by atoms with Crippen LogP contribution in [0.15, 0.2) is 278 Å². The maximum absolute atomic E-state index is 10.5. The van der Waals surface area contributed by atoms with Gasteiger partial charge >= 0.3 is 0 Å². The third-order valence-corrected chi connectivity index (χ3v) is 19.5. The van der Waals surface area contributed by atoms with Crippen LogP contribution in [0.2, 0.25) is 0 Å². The molecule has 0 atom stereocenters. The minimum atomic E-state index is 0.149. The zero-order valence-corrected chi connectivity index (χ0v) is 54.4. The first-order valence-corrected chi connectivity index (χ1v) is 32.7. The fraction of sp³-hybridized carbons (Fsp3) is 0. The maximum Gasteiger partial charge on any atom is 0.137 e. The largest absolute Gasteiger partial charge is 0.507 e. The van der Waals surface area contributed by atoms with E-state index < -0.39 is 0 Å². The first kappa shape index (κ1) is 55.9. The quantitative estimate of drug-likeness (QED) is 0.0993. The Kier molecular flexibility index (Phi) is 13.3. The number of hydrogen-bond acceptors (Lipinski definition) is 8. The van der Waals surface area contributed by atoms with Crippen molar-refractivity contribution in [2.24, 2.45) is 0 Å². The van der Waals surface area contributed by atoms with Crippen molar-refractivity contribution < 1.29 is 38.1 Å². The predicted octanol–water partition coefficient (Wildman–Crippen LogP) is 25.2. The van der Waals surface area contributed by atoms with E-state index in [0.717, 1.165) is 149 Å². The highest BCUT2D eigenvalue weighted by atomic mass is 79.9. The standard InChI is InChI=1S/C20H8Br2O2.C20H12Br2O2.C20H10O2.C20H14O2/c21-11-5-9-1-3-13-19-17(9)15(7-11)24-14-4-2-10-6-12(22)8-16(23-13)18(10)20(14)19;21-13-3-5-15-11(9-13)1-7-17(23)19(15)20-16-6-4-14(22)10-12(16)2-8-18(20)24;1-3-11-7-9-16-19-17(11)13(5-1)21-15-10-8-12-4-2-6-14(22-16)18(12)20(15)19;21-17-11-9-13-5-1-3-7-15(13)19(17)20-16-8-4-2-6-14(16)10-12-18(20)22/h1-8H;1-10,23-24H;1-10H;1-12,21-22H. The molecule has 0 fully saturated rings. The van der Waals surface area contributed by atoms with Gasteiger partial charge in [-0.3, -0.25) is 0 Å². The van der Waals surface area contributed by atoms with E-state index in [9.17, 15) is 20.4 Å². The molecule has 8 nitrogen and oxygen atoms in total. The Morgan fingerprint density at radius 1 is 0.196 bits per heavy atom. The van der Waals surface area contributed by atoms with Gasteiger partial charge in [-0.25, -0.2) is 0 Å². The van der Waals surface area contributed by atoms with Crippen molar-refractivity contribution in [2.45, 2.75) is 0 Å². The Morgan fingerprint density at radius 2 is 0.489 bits per heavy atom. The van der Waals surface area contributed by atoms with E-state index in [2.05, 4.69) is 124 Å². The molecule has 4 aliphatic heterocycles. The van der Waals surface area contributed by atoms with E-state index in [1.165, 1.54) is 21.9 Å². The average Bonchev–Trinajstić information content (AvgIpc) is 0.721. The first-order chi connectivity index (χ1) is 44.9. The summed E-state index contributed by atoms with van der Waals surface area (Å²) in [7, 11) is 0. The highest BCUT2D eigenvalue weighted by Crippen LogP contribution is 2.52. The lowest BCUT2D eigenvalue weighted by Gasteiger charge is -2.19. The van der Waals surface area contributed by atoms with Gasteiger partial charge in [-0.2, -0.15) is 0 Å². The second kappa shape index (κ2) is 21.8. The van der Waals surface area contributed by atoms with Crippen LogP contribution in [0.1, 0.15) is 0 Å². The summed E-state index contributed by atoms with van der Waals surface area (Å²) in [5.74, 6) is 0.641. The van der Waals surface area contributed by atoms with Gasteiger partial charge in [-0.05, 0) is 174 Å². The monoisotopic (exact) mass is 1450 g/mol. The maximum atomic E-state index is 10.5. The van der Waals surface area contributed by atoms with Crippen molar-refractivity contribution in [1.82, 2.24) is 0 Å². The van der Waals surface area contributed by atoms with Gasteiger partial charge in [0, 0.05) is 83.9 Å². The highest BCUT2D eigenvalue weighted by molar-refractivity contribution is 9.11. The minimum absolute atomic E-state index is 0.149. The van der Waals surface area contributed by atoms with Crippen LogP contribution in [0.25, 0.3) is 175 Å². The summed E-state index contributed by atoms with van der Waals surface area (Å²) in [6, 6.07) is 78.9. The van der Waals surface area contributed by atoms with Gasteiger partial charge in [0.15, 0.2) is 0 Å². The smallest absolute Gasteiger partial charge is 0.137 e. The Balaban J connectivity index is 0.0000000940. The Labute approximate surface area is 556 Å². The molecular weight excluding hydrogens is 1410 g/mol. The Morgan fingerprint density at radius 3 is 0.880 bits per heavy atom. The summed E-state index contributed by atoms with van der Waals surface area (Å²) in [5, 5.41) is 58.8. The highest BCUT2D eigenvalue weighted by Gasteiger charge is 2.27. The lowest BCUT2D eigenvalue weighted by Crippen LogP contribution is -1.94. The van der Waals surface area contributed by atoms with Gasteiger partial charge in [0.1, 0.15) is 67.7 Å². The van der Waals surface area contributed by atoms with Crippen LogP contribution >= 0.6 is 63.7 Å². The Hall–Kier alpha value is -10.1. The molecule has 0 radical (unpaired) electrons. The van der Waals surface area contributed by atoms with Crippen molar-refractivity contribution in [3.63, 3.8) is 0 Å². The zero-order valence-electron chi connectivity index (χ0n) is 48.0. The third kappa shape index (κ3) is 9.10. The molecule has 0 unspecified atom stereocenters. The molecule has 12 heteroatoms. The summed E-state index contributed by atoms with van der Waals surface area (Å²) in [5.41, 5.74) is 14.4. The molecule has 0 amide bonds. The molecule has 92 heavy (non-hydrogen) atoms. The van der Waals surface area contributed by atoms with Crippen LogP contribution in [0.4, 0.5) is 0 Å². The summed E-state index contributed by atoms with van der Waals surface area (Å²) in [6.45, 7) is 0. The number of aromatic hydroxyl groups is 4. The molecule has 0 aromatic heterocycles. The van der Waals surface area contributed by atoms with Crippen LogP contribution in [0.5, 0.6) is 23.0 Å². The van der Waals surface area contributed by atoms with Crippen LogP contribution in [-0.4, -0.2) is 20.4 Å². The second-order valence-electron chi connectivity index (χ2n) is 22.9. The van der Waals surface area contributed by atoms with Gasteiger partial charge in [0.2, 0.25) is 0 Å². The second-order valence-corrected chi connectivity index (χ2v) is 26.6. The van der Waals surface area contributed by atoms with Crippen LogP contribution in [0.3, 0.4) is 0 Å². The normalized spacial score (nSPS) is 11.9. The molecule has 4 aliphatic rings. The SMILES string of the molecule is Brc1cc2ccc3oc4cc(Br)cc5ccc6oc(c1)c2c3-c6c54.Oc1ccc2cc(Br)ccc2c1-c1c(O)ccc2cc(Br)ccc12.Oc1ccc2ccccc2c1-c1c(O)ccc2ccccc12.c1cc2ccc3oc4cccc5ccc6oc(c1)c2c3-c6c54. The fourth-order valence-corrected chi connectivity index (χ4v) is 15.4. The van der Waals surface area contributed by atoms with Gasteiger partial charge in [0.05, 0.1) is 0 Å². The van der Waals surface area contributed by atoms with E-state index in [-0.39, 0.29) is 23.0 Å². The number of hydrogen-bond donors (Lipinski definition) is 4. The molecule has 16 aromatic rings. The first-order valence-electron chi connectivity index (χ1n) is 29.5.